The molecule has 3 rings (SSSR count). The van der Waals surface area contributed by atoms with E-state index in [1.807, 2.05) is 51.1 Å². The average Bonchev–Trinajstić information content (AvgIpc) is 3.10. The van der Waals surface area contributed by atoms with Gasteiger partial charge in [0.15, 0.2) is 6.10 Å². The maximum atomic E-state index is 13.5. The molecule has 1 atom stereocenters. The second-order valence-electron chi connectivity index (χ2n) is 7.45. The number of nitrogens with zero attached hydrogens (tertiary/aromatic N) is 2. The topological polar surface area (TPSA) is 53.9 Å². The van der Waals surface area contributed by atoms with Crippen LogP contribution < -0.4 is 5.32 Å². The van der Waals surface area contributed by atoms with Crippen molar-refractivity contribution in [1.29, 1.82) is 0 Å². The van der Waals surface area contributed by atoms with E-state index in [0.29, 0.717) is 19.5 Å². The number of carbonyl (C=O) groups is 1. The minimum Gasteiger partial charge on any atom is -0.390 e. The summed E-state index contributed by atoms with van der Waals surface area (Å²) in [5.74, 6) is -0.316. The van der Waals surface area contributed by atoms with Gasteiger partial charge in [-0.15, -0.1) is 0 Å². The zero-order valence-corrected chi connectivity index (χ0v) is 16.5. The Kier molecular flexibility index (Phi) is 6.29. The summed E-state index contributed by atoms with van der Waals surface area (Å²) in [6, 6.07) is 14.2. The van der Waals surface area contributed by atoms with Crippen molar-refractivity contribution in [1.82, 2.24) is 10.2 Å². The Balaban J connectivity index is 1.67. The Hall–Kier alpha value is -2.89. The van der Waals surface area contributed by atoms with Gasteiger partial charge in [-0.2, -0.15) is 0 Å². The van der Waals surface area contributed by atoms with Gasteiger partial charge in [0, 0.05) is 19.0 Å². The molecule has 0 aliphatic carbocycles. The Labute approximate surface area is 165 Å². The van der Waals surface area contributed by atoms with Crippen molar-refractivity contribution < 1.29 is 14.0 Å². The molecule has 0 radical (unpaired) electrons. The number of rotatable bonds is 6. The molecule has 1 aliphatic rings. The molecule has 0 saturated heterocycles. The molecule has 2 aromatic rings. The predicted molar refractivity (Wildman–Crippen MR) is 108 cm³/mol. The lowest BCUT2D eigenvalue weighted by Crippen LogP contribution is -2.45. The molecule has 148 valence electrons. The fourth-order valence-corrected chi connectivity index (χ4v) is 3.10. The lowest BCUT2D eigenvalue weighted by atomic mass is 10.0. The third-order valence-electron chi connectivity index (χ3n) is 4.50. The fraction of sp³-hybridized carbons (Fsp3) is 0.364. The van der Waals surface area contributed by atoms with Crippen LogP contribution in [0.1, 0.15) is 37.0 Å². The molecule has 6 heteroatoms. The quantitative estimate of drug-likeness (QED) is 0.811. The Morgan fingerprint density at radius 1 is 1.29 bits per heavy atom. The van der Waals surface area contributed by atoms with Gasteiger partial charge in [0.05, 0.1) is 12.3 Å². The molecule has 0 bridgehead atoms. The first-order chi connectivity index (χ1) is 13.4. The van der Waals surface area contributed by atoms with Crippen LogP contribution in [0.25, 0.3) is 0 Å². The molecular weight excluding hydrogens is 357 g/mol. The van der Waals surface area contributed by atoms with Crippen LogP contribution in [-0.4, -0.2) is 35.3 Å². The van der Waals surface area contributed by atoms with Crippen LogP contribution >= 0.6 is 0 Å². The van der Waals surface area contributed by atoms with Crippen LogP contribution in [0.2, 0.25) is 0 Å². The number of amides is 2. The van der Waals surface area contributed by atoms with Gasteiger partial charge >= 0.3 is 6.03 Å². The minimum atomic E-state index is -0.316. The lowest BCUT2D eigenvalue weighted by Gasteiger charge is -2.26. The van der Waals surface area contributed by atoms with Gasteiger partial charge in [-0.3, -0.25) is 0 Å². The molecule has 1 N–H and O–H groups in total. The van der Waals surface area contributed by atoms with Gasteiger partial charge < -0.3 is 15.1 Å². The summed E-state index contributed by atoms with van der Waals surface area (Å²) >= 11 is 0. The van der Waals surface area contributed by atoms with Gasteiger partial charge in [0.1, 0.15) is 5.82 Å². The summed E-state index contributed by atoms with van der Waals surface area (Å²) < 4.78 is 13.5. The number of aryl methyl sites for hydroxylation is 1. The van der Waals surface area contributed by atoms with Crippen molar-refractivity contribution in [3.8, 4) is 0 Å². The highest BCUT2D eigenvalue weighted by Gasteiger charge is 2.27. The normalized spacial score (nSPS) is 15.9. The second kappa shape index (κ2) is 8.87. The predicted octanol–water partition coefficient (Wildman–Crippen LogP) is 4.25. The van der Waals surface area contributed by atoms with Crippen molar-refractivity contribution in [2.24, 2.45) is 5.16 Å². The van der Waals surface area contributed by atoms with Crippen LogP contribution in [0, 0.1) is 12.7 Å². The van der Waals surface area contributed by atoms with Crippen molar-refractivity contribution in [3.05, 3.63) is 71.0 Å². The summed E-state index contributed by atoms with van der Waals surface area (Å²) in [5, 5.41) is 7.11. The maximum absolute atomic E-state index is 13.5. The molecule has 1 heterocycles. The summed E-state index contributed by atoms with van der Waals surface area (Å²) in [4.78, 5) is 19.9. The van der Waals surface area contributed by atoms with Crippen LogP contribution in [-0.2, 0) is 11.4 Å². The smallest absolute Gasteiger partial charge is 0.318 e. The molecule has 1 aliphatic heterocycles. The van der Waals surface area contributed by atoms with E-state index in [-0.39, 0.29) is 24.0 Å². The number of nitrogens with one attached hydrogen (secondary N) is 1. The lowest BCUT2D eigenvalue weighted by molar-refractivity contribution is 0.0586. The van der Waals surface area contributed by atoms with E-state index in [4.69, 9.17) is 4.84 Å². The highest BCUT2D eigenvalue weighted by atomic mass is 19.1. The van der Waals surface area contributed by atoms with Crippen LogP contribution in [0.4, 0.5) is 9.18 Å². The summed E-state index contributed by atoms with van der Waals surface area (Å²) in [7, 11) is 0. The van der Waals surface area contributed by atoms with E-state index in [2.05, 4.69) is 10.5 Å². The molecule has 0 fully saturated rings. The molecular formula is C22H26FN3O2. The molecule has 0 saturated carbocycles. The largest absolute Gasteiger partial charge is 0.390 e. The summed E-state index contributed by atoms with van der Waals surface area (Å²) in [5.41, 5.74) is 3.82. The van der Waals surface area contributed by atoms with Gasteiger partial charge in [0.2, 0.25) is 0 Å². The molecule has 2 aromatic carbocycles. The van der Waals surface area contributed by atoms with E-state index in [1.54, 1.807) is 11.0 Å². The van der Waals surface area contributed by atoms with Gasteiger partial charge in [-0.05, 0) is 44.0 Å². The van der Waals surface area contributed by atoms with E-state index < -0.39 is 0 Å². The van der Waals surface area contributed by atoms with E-state index >= 15 is 0 Å². The number of halogens is 1. The van der Waals surface area contributed by atoms with Crippen molar-refractivity contribution >= 4 is 11.7 Å². The monoisotopic (exact) mass is 383 g/mol. The second-order valence-corrected chi connectivity index (χ2v) is 7.45. The zero-order valence-electron chi connectivity index (χ0n) is 16.5. The van der Waals surface area contributed by atoms with Gasteiger partial charge in [-0.25, -0.2) is 9.18 Å². The molecule has 0 spiro atoms. The minimum absolute atomic E-state index is 0.00590. The third kappa shape index (κ3) is 5.31. The summed E-state index contributed by atoms with van der Waals surface area (Å²) in [6.07, 6.45) is 0.389. The molecule has 0 unspecified atom stereocenters. The molecule has 2 amide bonds. The van der Waals surface area contributed by atoms with Crippen molar-refractivity contribution in [2.45, 2.75) is 45.9 Å². The Bertz CT molecular complexity index is 849. The van der Waals surface area contributed by atoms with Gasteiger partial charge in [-0.1, -0.05) is 47.1 Å². The van der Waals surface area contributed by atoms with E-state index in [1.165, 1.54) is 17.7 Å². The molecule has 5 nitrogen and oxygen atoms in total. The van der Waals surface area contributed by atoms with Crippen LogP contribution in [0.15, 0.2) is 53.7 Å². The highest BCUT2D eigenvalue weighted by Crippen LogP contribution is 2.19. The number of hydrogen-bond donors (Lipinski definition) is 1. The van der Waals surface area contributed by atoms with Crippen LogP contribution in [0.3, 0.4) is 0 Å². The summed E-state index contributed by atoms with van der Waals surface area (Å²) in [6.45, 7) is 6.52. The van der Waals surface area contributed by atoms with E-state index in [9.17, 15) is 9.18 Å². The standard InChI is InChI=1S/C22H26FN3O2/c1-15(2)24-22(27)26(13-17-5-4-6-19(23)11-17)14-20-12-21(25-28-20)18-9-7-16(3)8-10-18/h4-11,15,20H,12-14H2,1-3H3,(H,24,27)/t20-/m0/s1. The number of carbonyl (C=O) groups excluding carboxylic acids is 1. The van der Waals surface area contributed by atoms with Crippen LogP contribution in [0.5, 0.6) is 0 Å². The Morgan fingerprint density at radius 2 is 2.04 bits per heavy atom. The maximum Gasteiger partial charge on any atom is 0.318 e. The first kappa shape index (κ1) is 19.9. The first-order valence-corrected chi connectivity index (χ1v) is 9.50. The van der Waals surface area contributed by atoms with Crippen molar-refractivity contribution in [2.75, 3.05) is 6.54 Å². The number of hydrogen-bond acceptors (Lipinski definition) is 3. The third-order valence-corrected chi connectivity index (χ3v) is 4.50. The molecule has 0 aromatic heterocycles. The molecule has 28 heavy (non-hydrogen) atoms. The average molecular weight is 383 g/mol. The number of benzene rings is 2. The van der Waals surface area contributed by atoms with Crippen molar-refractivity contribution in [3.63, 3.8) is 0 Å². The number of urea groups is 1. The highest BCUT2D eigenvalue weighted by molar-refractivity contribution is 6.01. The van der Waals surface area contributed by atoms with Gasteiger partial charge in [0.25, 0.3) is 0 Å². The van der Waals surface area contributed by atoms with E-state index in [0.717, 1.165) is 16.8 Å². The first-order valence-electron chi connectivity index (χ1n) is 9.50. The zero-order chi connectivity index (χ0) is 20.1. The number of oxime groups is 1. The SMILES string of the molecule is Cc1ccc(C2=NO[C@H](CN(Cc3cccc(F)c3)C(=O)NC(C)C)C2)cc1. The Morgan fingerprint density at radius 3 is 2.71 bits per heavy atom. The fourth-order valence-electron chi connectivity index (χ4n) is 3.10.